The lowest BCUT2D eigenvalue weighted by atomic mass is 9.85. The number of aromatic nitrogens is 1. The molecule has 0 radical (unpaired) electrons. The van der Waals surface area contributed by atoms with Crippen molar-refractivity contribution in [1.82, 2.24) is 20.5 Å². The maximum atomic E-state index is 13.9. The van der Waals surface area contributed by atoms with Crippen LogP contribution in [0.15, 0.2) is 46.0 Å². The molecule has 0 spiro atoms. The Balaban J connectivity index is 1.57. The minimum absolute atomic E-state index is 0.132. The first-order chi connectivity index (χ1) is 19.0. The Hall–Kier alpha value is -3.51. The zero-order valence-corrected chi connectivity index (χ0v) is 24.2. The summed E-state index contributed by atoms with van der Waals surface area (Å²) in [4.78, 5) is 48.7. The van der Waals surface area contributed by atoms with Gasteiger partial charge in [0.2, 0.25) is 5.91 Å². The molecule has 40 heavy (non-hydrogen) atoms. The summed E-state index contributed by atoms with van der Waals surface area (Å²) in [5.74, 6) is -1.01. The lowest BCUT2D eigenvalue weighted by molar-refractivity contribution is -0.136. The van der Waals surface area contributed by atoms with Crippen LogP contribution in [0.2, 0.25) is 5.02 Å². The average molecular weight is 592 g/mol. The standard InChI is InChI=1S/C27H31ClFN5O5S/c1-27(2,3)39-26(37)31-14-19(35)34-10-7-15(8-11-34)21-20(25(36)38-4)22(17-6-5-16(29)13-18(17)28)33-23(32-21)24-30-9-12-40-24/h5-6,9,12-13,15,22H,7-8,10-11,14H2,1-4H3,(H,31,37)(H,32,33). The summed E-state index contributed by atoms with van der Waals surface area (Å²) in [5, 5.41) is 8.37. The van der Waals surface area contributed by atoms with Gasteiger partial charge in [-0.05, 0) is 45.7 Å². The second kappa shape index (κ2) is 12.3. The van der Waals surface area contributed by atoms with Crippen LogP contribution in [0.4, 0.5) is 9.18 Å². The Bertz CT molecular complexity index is 1330. The number of alkyl carbamates (subject to hydrolysis) is 1. The number of hydrogen-bond acceptors (Lipinski definition) is 9. The van der Waals surface area contributed by atoms with E-state index in [1.54, 1.807) is 31.9 Å². The van der Waals surface area contributed by atoms with E-state index in [0.717, 1.165) is 0 Å². The number of esters is 1. The molecule has 13 heteroatoms. The van der Waals surface area contributed by atoms with Crippen LogP contribution in [0, 0.1) is 11.7 Å². The SMILES string of the molecule is COC(=O)C1=C(C2CCN(C(=O)CNC(=O)OC(C)(C)C)CC2)NC(c2nccs2)=NC1c1ccc(F)cc1Cl. The van der Waals surface area contributed by atoms with Gasteiger partial charge in [0.15, 0.2) is 10.8 Å². The van der Waals surface area contributed by atoms with Crippen molar-refractivity contribution in [2.75, 3.05) is 26.7 Å². The number of methoxy groups -OCH3 is 1. The molecule has 0 bridgehead atoms. The number of hydrogen-bond donors (Lipinski definition) is 2. The van der Waals surface area contributed by atoms with Crippen LogP contribution in [0.5, 0.6) is 0 Å². The van der Waals surface area contributed by atoms with Crippen LogP contribution in [-0.2, 0) is 19.1 Å². The number of piperidine rings is 1. The third-order valence-electron chi connectivity index (χ3n) is 6.41. The van der Waals surface area contributed by atoms with E-state index in [0.29, 0.717) is 48.0 Å². The Morgan fingerprint density at radius 3 is 2.58 bits per heavy atom. The molecule has 2 aliphatic heterocycles. The molecule has 2 aliphatic rings. The molecule has 2 N–H and O–H groups in total. The Morgan fingerprint density at radius 2 is 1.98 bits per heavy atom. The van der Waals surface area contributed by atoms with E-state index in [-0.39, 0.29) is 29.0 Å². The molecule has 1 aromatic carbocycles. The maximum absolute atomic E-state index is 13.9. The van der Waals surface area contributed by atoms with Gasteiger partial charge in [-0.25, -0.2) is 19.0 Å². The first-order valence-corrected chi connectivity index (χ1v) is 14.0. The number of benzene rings is 1. The number of nitrogens with zero attached hydrogens (tertiary/aromatic N) is 3. The van der Waals surface area contributed by atoms with Gasteiger partial charge in [-0.15, -0.1) is 11.3 Å². The van der Waals surface area contributed by atoms with Crippen LogP contribution in [-0.4, -0.2) is 66.0 Å². The maximum Gasteiger partial charge on any atom is 0.408 e. The highest BCUT2D eigenvalue weighted by Crippen LogP contribution is 2.40. The van der Waals surface area contributed by atoms with Crippen molar-refractivity contribution in [3.63, 3.8) is 0 Å². The van der Waals surface area contributed by atoms with Gasteiger partial charge in [0.1, 0.15) is 24.0 Å². The molecule has 0 saturated carbocycles. The molecule has 10 nitrogen and oxygen atoms in total. The Labute approximate surface area is 240 Å². The molecule has 1 fully saturated rings. The third kappa shape index (κ3) is 6.97. The minimum atomic E-state index is -0.853. The van der Waals surface area contributed by atoms with Gasteiger partial charge in [-0.3, -0.25) is 9.79 Å². The third-order valence-corrected chi connectivity index (χ3v) is 7.52. The predicted octanol–water partition coefficient (Wildman–Crippen LogP) is 4.22. The number of carbonyl (C=O) groups is 3. The van der Waals surface area contributed by atoms with Gasteiger partial charge in [-0.1, -0.05) is 17.7 Å². The van der Waals surface area contributed by atoms with Gasteiger partial charge >= 0.3 is 12.1 Å². The number of amidine groups is 1. The van der Waals surface area contributed by atoms with Gasteiger partial charge in [0.25, 0.3) is 0 Å². The van der Waals surface area contributed by atoms with E-state index in [4.69, 9.17) is 26.1 Å². The van der Waals surface area contributed by atoms with Crippen LogP contribution >= 0.6 is 22.9 Å². The second-order valence-corrected chi connectivity index (χ2v) is 11.6. The van der Waals surface area contributed by atoms with Crippen molar-refractivity contribution >= 4 is 46.7 Å². The van der Waals surface area contributed by atoms with E-state index in [2.05, 4.69) is 15.6 Å². The molecule has 1 saturated heterocycles. The number of likely N-dealkylation sites (tertiary alicyclic amines) is 1. The van der Waals surface area contributed by atoms with Crippen molar-refractivity contribution in [1.29, 1.82) is 0 Å². The second-order valence-electron chi connectivity index (χ2n) is 10.3. The number of carbonyl (C=O) groups excluding carboxylic acids is 3. The molecular formula is C27H31ClFN5O5S. The largest absolute Gasteiger partial charge is 0.466 e. The van der Waals surface area contributed by atoms with Crippen molar-refractivity contribution in [2.24, 2.45) is 10.9 Å². The first kappa shape index (κ1) is 29.5. The summed E-state index contributed by atoms with van der Waals surface area (Å²) >= 11 is 7.80. The molecule has 3 heterocycles. The van der Waals surface area contributed by atoms with Crippen LogP contribution in [0.1, 0.15) is 50.2 Å². The average Bonchev–Trinajstić information content (AvgIpc) is 3.45. The minimum Gasteiger partial charge on any atom is -0.466 e. The van der Waals surface area contributed by atoms with Crippen molar-refractivity contribution < 1.29 is 28.2 Å². The number of halogens is 2. The van der Waals surface area contributed by atoms with E-state index >= 15 is 0 Å². The summed E-state index contributed by atoms with van der Waals surface area (Å²) in [5.41, 5.74) is 0.668. The number of thiazole rings is 1. The van der Waals surface area contributed by atoms with Crippen LogP contribution < -0.4 is 10.6 Å². The Morgan fingerprint density at radius 1 is 1.25 bits per heavy atom. The number of aliphatic imine (C=N–C) groups is 1. The van der Waals surface area contributed by atoms with E-state index in [1.807, 2.05) is 5.38 Å². The van der Waals surface area contributed by atoms with E-state index in [1.165, 1.54) is 36.6 Å². The van der Waals surface area contributed by atoms with Crippen molar-refractivity contribution in [2.45, 2.75) is 45.3 Å². The zero-order valence-electron chi connectivity index (χ0n) is 22.6. The van der Waals surface area contributed by atoms with Gasteiger partial charge < -0.3 is 25.0 Å². The number of nitrogens with one attached hydrogen (secondary N) is 2. The highest BCUT2D eigenvalue weighted by Gasteiger charge is 2.38. The van der Waals surface area contributed by atoms with Crippen LogP contribution in [0.25, 0.3) is 0 Å². The fourth-order valence-corrected chi connectivity index (χ4v) is 5.47. The monoisotopic (exact) mass is 591 g/mol. The first-order valence-electron chi connectivity index (χ1n) is 12.7. The lowest BCUT2D eigenvalue weighted by Crippen LogP contribution is -2.46. The molecule has 0 aliphatic carbocycles. The number of ether oxygens (including phenoxy) is 2. The predicted molar refractivity (Wildman–Crippen MR) is 149 cm³/mol. The summed E-state index contributed by atoms with van der Waals surface area (Å²) in [6, 6.07) is 3.11. The lowest BCUT2D eigenvalue weighted by Gasteiger charge is -2.36. The number of rotatable bonds is 6. The fraction of sp³-hybridized carbons (Fsp3) is 0.444. The number of amides is 2. The summed E-state index contributed by atoms with van der Waals surface area (Å²) in [7, 11) is 1.29. The van der Waals surface area contributed by atoms with Gasteiger partial charge in [0.05, 0.1) is 12.7 Å². The highest BCUT2D eigenvalue weighted by atomic mass is 35.5. The molecule has 1 unspecified atom stereocenters. The zero-order chi connectivity index (χ0) is 29.0. The normalized spacial score (nSPS) is 18.1. The smallest absolute Gasteiger partial charge is 0.408 e. The van der Waals surface area contributed by atoms with Crippen molar-refractivity contribution in [3.8, 4) is 0 Å². The van der Waals surface area contributed by atoms with E-state index in [9.17, 15) is 18.8 Å². The molecule has 214 valence electrons. The summed E-state index contributed by atoms with van der Waals surface area (Å²) in [6.45, 7) is 5.87. The highest BCUT2D eigenvalue weighted by molar-refractivity contribution is 7.11. The molecule has 4 rings (SSSR count). The molecule has 1 aromatic heterocycles. The Kier molecular flexibility index (Phi) is 9.09. The summed E-state index contributed by atoms with van der Waals surface area (Å²) < 4.78 is 24.2. The number of allylic oxidation sites excluding steroid dienone is 1. The van der Waals surface area contributed by atoms with Crippen LogP contribution in [0.3, 0.4) is 0 Å². The molecular weight excluding hydrogens is 561 g/mol. The fourth-order valence-electron chi connectivity index (χ4n) is 4.61. The van der Waals surface area contributed by atoms with E-state index < -0.39 is 29.5 Å². The van der Waals surface area contributed by atoms with Gasteiger partial charge in [-0.2, -0.15) is 0 Å². The topological polar surface area (TPSA) is 122 Å². The van der Waals surface area contributed by atoms with Gasteiger partial charge in [0, 0.05) is 46.9 Å². The van der Waals surface area contributed by atoms with Crippen molar-refractivity contribution in [3.05, 3.63) is 62.5 Å². The molecule has 2 aromatic rings. The summed E-state index contributed by atoms with van der Waals surface area (Å²) in [6.07, 6.45) is 2.07. The molecule has 2 amide bonds. The quantitative estimate of drug-likeness (QED) is 0.482. The molecule has 1 atom stereocenters.